The average molecular weight is 585 g/mol. The predicted molar refractivity (Wildman–Crippen MR) is 166 cm³/mol. The summed E-state index contributed by atoms with van der Waals surface area (Å²) in [5, 5.41) is 28.4. The Balaban J connectivity index is 1.22. The maximum absolute atomic E-state index is 12.3. The van der Waals surface area contributed by atoms with E-state index in [2.05, 4.69) is 55.9 Å². The van der Waals surface area contributed by atoms with Crippen molar-refractivity contribution in [1.29, 1.82) is 0 Å². The molecule has 0 amide bonds. The summed E-state index contributed by atoms with van der Waals surface area (Å²) in [5.41, 5.74) is 0. The Hall–Kier alpha value is -0.730. The lowest BCUT2D eigenvalue weighted by molar-refractivity contribution is -0.141. The number of ether oxygens (including phenoxy) is 1. The molecule has 5 N–H and O–H groups in total. The summed E-state index contributed by atoms with van der Waals surface area (Å²) in [6.45, 7) is 12.3. The number of aliphatic hydroxyl groups excluding tert-OH is 1. The van der Waals surface area contributed by atoms with Gasteiger partial charge in [-0.3, -0.25) is 4.79 Å². The first-order chi connectivity index (χ1) is 20.2. The van der Waals surface area contributed by atoms with E-state index in [0.29, 0.717) is 96.2 Å². The molecule has 2 saturated carbocycles. The van der Waals surface area contributed by atoms with E-state index in [1.165, 1.54) is 39.2 Å². The molecule has 0 aromatic carbocycles. The molecule has 0 aromatic heterocycles. The van der Waals surface area contributed by atoms with Crippen LogP contribution in [0, 0.1) is 59.2 Å². The highest BCUT2D eigenvalue weighted by Crippen LogP contribution is 2.52. The Morgan fingerprint density at radius 1 is 0.714 bits per heavy atom. The van der Waals surface area contributed by atoms with E-state index in [9.17, 15) is 9.90 Å². The van der Waals surface area contributed by atoms with Gasteiger partial charge in [-0.25, -0.2) is 0 Å². The molecule has 7 fully saturated rings. The highest BCUT2D eigenvalue weighted by molar-refractivity contribution is 5.69. The SMILES string of the molecule is CCC1C2CC3NC4C(CC(O)C4C3C)C3NC(CC4NC(CC(N2)C1C)C(C1CC1)C4C)C(C)C3CCC(=O)OC. The summed E-state index contributed by atoms with van der Waals surface area (Å²) in [5.74, 6) is 5.84. The van der Waals surface area contributed by atoms with Crippen molar-refractivity contribution < 1.29 is 14.6 Å². The second-order valence-electron chi connectivity index (χ2n) is 16.3. The number of esters is 1. The lowest BCUT2D eigenvalue weighted by Gasteiger charge is -2.32. The van der Waals surface area contributed by atoms with Crippen molar-refractivity contribution >= 4 is 5.97 Å². The number of fused-ring (bicyclic) bond motifs is 8. The first-order valence-electron chi connectivity index (χ1n) is 18.0. The van der Waals surface area contributed by atoms with Crippen LogP contribution in [-0.4, -0.2) is 72.6 Å². The van der Waals surface area contributed by atoms with E-state index >= 15 is 0 Å². The van der Waals surface area contributed by atoms with E-state index in [1.807, 2.05) is 0 Å². The predicted octanol–water partition coefficient (Wildman–Crippen LogP) is 3.70. The maximum atomic E-state index is 12.3. The third-order valence-electron chi connectivity index (χ3n) is 14.6. The number of nitrogens with one attached hydrogen (secondary N) is 4. The zero-order chi connectivity index (χ0) is 29.4. The molecule has 238 valence electrons. The monoisotopic (exact) mass is 584 g/mol. The summed E-state index contributed by atoms with van der Waals surface area (Å²) in [6, 6.07) is 3.85. The minimum atomic E-state index is -0.245. The Kier molecular flexibility index (Phi) is 8.25. The van der Waals surface area contributed by atoms with E-state index in [4.69, 9.17) is 4.74 Å². The molecule has 0 radical (unpaired) electrons. The van der Waals surface area contributed by atoms with Gasteiger partial charge in [0, 0.05) is 60.7 Å². The van der Waals surface area contributed by atoms with Crippen molar-refractivity contribution in [1.82, 2.24) is 21.3 Å². The Labute approximate surface area is 254 Å². The quantitative estimate of drug-likeness (QED) is 0.315. The van der Waals surface area contributed by atoms with E-state index < -0.39 is 0 Å². The van der Waals surface area contributed by atoms with E-state index in [-0.39, 0.29) is 12.1 Å². The Morgan fingerprint density at radius 2 is 1.29 bits per heavy atom. The number of carbonyl (C=O) groups excluding carboxylic acids is 1. The summed E-state index contributed by atoms with van der Waals surface area (Å²) in [6.07, 6.45) is 9.65. The molecular weight excluding hydrogens is 524 g/mol. The molecule has 7 rings (SSSR count). The molecule has 18 atom stereocenters. The fourth-order valence-electron chi connectivity index (χ4n) is 12.2. The number of aliphatic hydroxyl groups is 1. The van der Waals surface area contributed by atoms with Crippen LogP contribution in [0.15, 0.2) is 0 Å². The molecule has 7 nitrogen and oxygen atoms in total. The topological polar surface area (TPSA) is 94.6 Å². The summed E-state index contributed by atoms with van der Waals surface area (Å²) >= 11 is 0. The van der Waals surface area contributed by atoms with Crippen molar-refractivity contribution in [3.63, 3.8) is 0 Å². The number of rotatable bonds is 5. The number of hydrogen-bond donors (Lipinski definition) is 5. The standard InChI is InChI=1S/C35H60N4O3/c1-7-21-16(2)24-15-29-32(20-8-9-20)18(4)26(37-29)13-25-17(3)22(10-11-31(41)42-6)34(38-25)23-12-30(40)33-19(5)27(39-35(23)33)14-28(21)36-24/h16-30,32-40H,7-15H2,1-6H3. The van der Waals surface area contributed by atoms with Crippen molar-refractivity contribution in [2.45, 2.75) is 147 Å². The molecule has 7 heteroatoms. The third-order valence-corrected chi connectivity index (χ3v) is 14.6. The van der Waals surface area contributed by atoms with Gasteiger partial charge in [0.15, 0.2) is 0 Å². The van der Waals surface area contributed by atoms with Gasteiger partial charge in [0.25, 0.3) is 0 Å². The molecule has 5 aliphatic heterocycles. The van der Waals surface area contributed by atoms with Crippen molar-refractivity contribution in [2.24, 2.45) is 59.2 Å². The van der Waals surface area contributed by atoms with Gasteiger partial charge >= 0.3 is 5.97 Å². The van der Waals surface area contributed by atoms with Crippen LogP contribution in [0.25, 0.3) is 0 Å². The van der Waals surface area contributed by atoms with Gasteiger partial charge in [-0.2, -0.15) is 0 Å². The molecule has 8 bridgehead atoms. The zero-order valence-corrected chi connectivity index (χ0v) is 27.1. The zero-order valence-electron chi connectivity index (χ0n) is 27.1. The van der Waals surface area contributed by atoms with Crippen LogP contribution in [0.2, 0.25) is 0 Å². The molecule has 0 spiro atoms. The van der Waals surface area contributed by atoms with E-state index in [1.54, 1.807) is 0 Å². The van der Waals surface area contributed by atoms with Gasteiger partial charge in [-0.1, -0.05) is 41.0 Å². The van der Waals surface area contributed by atoms with Crippen LogP contribution >= 0.6 is 0 Å². The molecule has 5 saturated heterocycles. The molecule has 5 heterocycles. The van der Waals surface area contributed by atoms with Crippen LogP contribution < -0.4 is 21.3 Å². The third kappa shape index (κ3) is 5.00. The highest BCUT2D eigenvalue weighted by Gasteiger charge is 2.59. The van der Waals surface area contributed by atoms with Crippen molar-refractivity contribution in [3.8, 4) is 0 Å². The van der Waals surface area contributed by atoms with Crippen LogP contribution in [0.1, 0.15) is 92.4 Å². The average Bonchev–Trinajstić information content (AvgIpc) is 3.31. The van der Waals surface area contributed by atoms with Gasteiger partial charge in [-0.05, 0) is 98.2 Å². The largest absolute Gasteiger partial charge is 0.469 e. The Bertz CT molecular complexity index is 991. The van der Waals surface area contributed by atoms with Crippen LogP contribution in [-0.2, 0) is 9.53 Å². The molecular formula is C35H60N4O3. The normalized spacial score (nSPS) is 55.3. The second-order valence-corrected chi connectivity index (χ2v) is 16.3. The van der Waals surface area contributed by atoms with Gasteiger partial charge in [0.2, 0.25) is 0 Å². The Morgan fingerprint density at radius 3 is 2.00 bits per heavy atom. The summed E-state index contributed by atoms with van der Waals surface area (Å²) in [4.78, 5) is 12.3. The lowest BCUT2D eigenvalue weighted by atomic mass is 9.76. The fraction of sp³-hybridized carbons (Fsp3) is 0.971. The lowest BCUT2D eigenvalue weighted by Crippen LogP contribution is -2.48. The maximum Gasteiger partial charge on any atom is 0.305 e. The summed E-state index contributed by atoms with van der Waals surface area (Å²) in [7, 11) is 1.51. The first-order valence-corrected chi connectivity index (χ1v) is 18.0. The molecule has 42 heavy (non-hydrogen) atoms. The van der Waals surface area contributed by atoms with Crippen LogP contribution in [0.3, 0.4) is 0 Å². The molecule has 0 aromatic rings. The van der Waals surface area contributed by atoms with Crippen molar-refractivity contribution in [3.05, 3.63) is 0 Å². The van der Waals surface area contributed by atoms with Gasteiger partial charge in [-0.15, -0.1) is 0 Å². The molecule has 18 unspecified atom stereocenters. The van der Waals surface area contributed by atoms with Crippen LogP contribution in [0.5, 0.6) is 0 Å². The van der Waals surface area contributed by atoms with Gasteiger partial charge < -0.3 is 31.1 Å². The molecule has 7 aliphatic rings. The minimum absolute atomic E-state index is 0.0942. The van der Waals surface area contributed by atoms with E-state index in [0.717, 1.165) is 37.0 Å². The number of carbonyl (C=O) groups is 1. The highest BCUT2D eigenvalue weighted by atomic mass is 16.5. The minimum Gasteiger partial charge on any atom is -0.469 e. The smallest absolute Gasteiger partial charge is 0.305 e. The number of hydrogen-bond acceptors (Lipinski definition) is 7. The van der Waals surface area contributed by atoms with Gasteiger partial charge in [0.1, 0.15) is 0 Å². The summed E-state index contributed by atoms with van der Waals surface area (Å²) < 4.78 is 5.09. The van der Waals surface area contributed by atoms with Crippen LogP contribution in [0.4, 0.5) is 0 Å². The molecule has 2 aliphatic carbocycles. The fourth-order valence-corrected chi connectivity index (χ4v) is 12.2. The first kappa shape index (κ1) is 30.0. The number of methoxy groups -OCH3 is 1. The van der Waals surface area contributed by atoms with Crippen molar-refractivity contribution in [2.75, 3.05) is 7.11 Å². The van der Waals surface area contributed by atoms with Gasteiger partial charge in [0.05, 0.1) is 13.2 Å². The second kappa shape index (κ2) is 11.6.